The first-order valence-electron chi connectivity index (χ1n) is 5.20. The second kappa shape index (κ2) is 4.96. The summed E-state index contributed by atoms with van der Waals surface area (Å²) in [6.07, 6.45) is 2.65. The lowest BCUT2D eigenvalue weighted by Gasteiger charge is -2.13. The van der Waals surface area contributed by atoms with Crippen LogP contribution in [0.5, 0.6) is 0 Å². The van der Waals surface area contributed by atoms with E-state index >= 15 is 0 Å². The third-order valence-corrected chi connectivity index (χ3v) is 2.64. The lowest BCUT2D eigenvalue weighted by atomic mass is 10.1. The number of hydrogen-bond donors (Lipinski definition) is 0. The summed E-state index contributed by atoms with van der Waals surface area (Å²) in [5, 5.41) is 0. The minimum Gasteiger partial charge on any atom is -0.464 e. The van der Waals surface area contributed by atoms with E-state index in [-0.39, 0.29) is 5.97 Å². The van der Waals surface area contributed by atoms with Crippen molar-refractivity contribution in [3.8, 4) is 0 Å². The third-order valence-electron chi connectivity index (χ3n) is 2.64. The molecule has 0 bridgehead atoms. The van der Waals surface area contributed by atoms with Crippen LogP contribution < -0.4 is 0 Å². The molecule has 0 fully saturated rings. The number of methoxy groups -OCH3 is 1. The predicted octanol–water partition coefficient (Wildman–Crippen LogP) is 2.02. The van der Waals surface area contributed by atoms with Crippen molar-refractivity contribution in [2.45, 2.75) is 33.7 Å². The SMILES string of the molecule is CCC(C)Cn1c(C(=O)OC)cnc1C. The maximum atomic E-state index is 11.4. The van der Waals surface area contributed by atoms with Gasteiger partial charge in [-0.2, -0.15) is 0 Å². The Kier molecular flexibility index (Phi) is 3.88. The summed E-state index contributed by atoms with van der Waals surface area (Å²) in [6, 6.07) is 0. The van der Waals surface area contributed by atoms with Crippen LogP contribution in [0, 0.1) is 12.8 Å². The molecule has 0 amide bonds. The topological polar surface area (TPSA) is 44.1 Å². The fourth-order valence-electron chi connectivity index (χ4n) is 1.41. The zero-order valence-electron chi connectivity index (χ0n) is 9.78. The molecular weight excluding hydrogens is 192 g/mol. The number of rotatable bonds is 4. The zero-order chi connectivity index (χ0) is 11.4. The maximum absolute atomic E-state index is 11.4. The molecule has 0 radical (unpaired) electrons. The molecule has 0 N–H and O–H groups in total. The van der Waals surface area contributed by atoms with Crippen LogP contribution in [-0.4, -0.2) is 22.6 Å². The zero-order valence-corrected chi connectivity index (χ0v) is 9.78. The smallest absolute Gasteiger partial charge is 0.356 e. The second-order valence-electron chi connectivity index (χ2n) is 3.81. The summed E-state index contributed by atoms with van der Waals surface area (Å²) in [7, 11) is 1.39. The minimum atomic E-state index is -0.320. The number of carbonyl (C=O) groups excluding carboxylic acids is 1. The largest absolute Gasteiger partial charge is 0.464 e. The monoisotopic (exact) mass is 210 g/mol. The van der Waals surface area contributed by atoms with Crippen LogP contribution >= 0.6 is 0 Å². The fourth-order valence-corrected chi connectivity index (χ4v) is 1.41. The van der Waals surface area contributed by atoms with Crippen LogP contribution in [-0.2, 0) is 11.3 Å². The number of ether oxygens (including phenoxy) is 1. The molecule has 0 aliphatic heterocycles. The van der Waals surface area contributed by atoms with E-state index in [4.69, 9.17) is 4.74 Å². The highest BCUT2D eigenvalue weighted by Gasteiger charge is 2.15. The van der Waals surface area contributed by atoms with Gasteiger partial charge in [-0.05, 0) is 12.8 Å². The molecule has 0 spiro atoms. The molecule has 84 valence electrons. The number of hydrogen-bond acceptors (Lipinski definition) is 3. The first kappa shape index (κ1) is 11.8. The summed E-state index contributed by atoms with van der Waals surface area (Å²) in [5.74, 6) is 1.07. The maximum Gasteiger partial charge on any atom is 0.356 e. The summed E-state index contributed by atoms with van der Waals surface area (Å²) >= 11 is 0. The van der Waals surface area contributed by atoms with Gasteiger partial charge < -0.3 is 9.30 Å². The number of aromatic nitrogens is 2. The van der Waals surface area contributed by atoms with Crippen LogP contribution in [0.15, 0.2) is 6.20 Å². The van der Waals surface area contributed by atoms with Crippen molar-refractivity contribution < 1.29 is 9.53 Å². The van der Waals surface area contributed by atoms with Crippen LogP contribution in [0.4, 0.5) is 0 Å². The van der Waals surface area contributed by atoms with E-state index in [9.17, 15) is 4.79 Å². The minimum absolute atomic E-state index is 0.320. The van der Waals surface area contributed by atoms with Gasteiger partial charge in [0.15, 0.2) is 0 Å². The van der Waals surface area contributed by atoms with Gasteiger partial charge in [0.2, 0.25) is 0 Å². The van der Waals surface area contributed by atoms with Gasteiger partial charge in [0.25, 0.3) is 0 Å². The Bertz CT molecular complexity index is 344. The lowest BCUT2D eigenvalue weighted by molar-refractivity contribution is 0.0587. The summed E-state index contributed by atoms with van der Waals surface area (Å²) in [5.41, 5.74) is 0.537. The first-order chi connectivity index (χ1) is 7.10. The highest BCUT2D eigenvalue weighted by atomic mass is 16.5. The molecule has 1 aromatic rings. The first-order valence-corrected chi connectivity index (χ1v) is 5.20. The van der Waals surface area contributed by atoms with E-state index in [2.05, 4.69) is 18.8 Å². The Morgan fingerprint density at radius 1 is 1.67 bits per heavy atom. The molecule has 0 aliphatic rings. The molecule has 0 aromatic carbocycles. The standard InChI is InChI=1S/C11H18N2O2/c1-5-8(2)7-13-9(3)12-6-10(13)11(14)15-4/h6,8H,5,7H2,1-4H3. The van der Waals surface area contributed by atoms with E-state index in [0.717, 1.165) is 18.8 Å². The van der Waals surface area contributed by atoms with Gasteiger partial charge in [0.1, 0.15) is 11.5 Å². The van der Waals surface area contributed by atoms with Crippen molar-refractivity contribution >= 4 is 5.97 Å². The van der Waals surface area contributed by atoms with Gasteiger partial charge >= 0.3 is 5.97 Å². The van der Waals surface area contributed by atoms with Crippen LogP contribution in [0.3, 0.4) is 0 Å². The number of nitrogens with zero attached hydrogens (tertiary/aromatic N) is 2. The highest BCUT2D eigenvalue weighted by molar-refractivity contribution is 5.87. The third kappa shape index (κ3) is 2.58. The Balaban J connectivity index is 2.94. The molecule has 4 nitrogen and oxygen atoms in total. The molecule has 1 heterocycles. The van der Waals surface area contributed by atoms with Gasteiger partial charge in [0, 0.05) is 6.54 Å². The van der Waals surface area contributed by atoms with Crippen molar-refractivity contribution in [2.24, 2.45) is 5.92 Å². The van der Waals surface area contributed by atoms with Gasteiger partial charge in [0.05, 0.1) is 13.3 Å². The van der Waals surface area contributed by atoms with Crippen molar-refractivity contribution in [3.05, 3.63) is 17.7 Å². The molecule has 0 aliphatic carbocycles. The summed E-state index contributed by atoms with van der Waals surface area (Å²) in [4.78, 5) is 15.6. The molecule has 0 saturated carbocycles. The highest BCUT2D eigenvalue weighted by Crippen LogP contribution is 2.12. The summed E-state index contributed by atoms with van der Waals surface area (Å²) < 4.78 is 6.62. The van der Waals surface area contributed by atoms with Gasteiger partial charge in [-0.1, -0.05) is 20.3 Å². The van der Waals surface area contributed by atoms with E-state index in [0.29, 0.717) is 11.6 Å². The number of aryl methyl sites for hydroxylation is 1. The van der Waals surface area contributed by atoms with Crippen molar-refractivity contribution in [2.75, 3.05) is 7.11 Å². The average Bonchev–Trinajstić information content (AvgIpc) is 2.59. The molecule has 15 heavy (non-hydrogen) atoms. The van der Waals surface area contributed by atoms with Crippen molar-refractivity contribution in [1.29, 1.82) is 0 Å². The Hall–Kier alpha value is -1.32. The molecule has 1 unspecified atom stereocenters. The molecule has 0 saturated heterocycles. The van der Waals surface area contributed by atoms with Crippen molar-refractivity contribution in [3.63, 3.8) is 0 Å². The van der Waals surface area contributed by atoms with E-state index < -0.39 is 0 Å². The van der Waals surface area contributed by atoms with E-state index in [1.54, 1.807) is 6.20 Å². The normalized spacial score (nSPS) is 12.5. The van der Waals surface area contributed by atoms with Gasteiger partial charge in [-0.15, -0.1) is 0 Å². The molecule has 4 heteroatoms. The number of carbonyl (C=O) groups is 1. The fraction of sp³-hybridized carbons (Fsp3) is 0.636. The molecule has 1 aromatic heterocycles. The summed E-state index contributed by atoms with van der Waals surface area (Å²) in [6.45, 7) is 7.00. The number of imidazole rings is 1. The second-order valence-corrected chi connectivity index (χ2v) is 3.81. The Morgan fingerprint density at radius 3 is 2.87 bits per heavy atom. The van der Waals surface area contributed by atoms with Crippen LogP contribution in [0.1, 0.15) is 36.6 Å². The molecular formula is C11H18N2O2. The molecule has 1 atom stereocenters. The molecule has 1 rings (SSSR count). The van der Waals surface area contributed by atoms with Crippen LogP contribution in [0.25, 0.3) is 0 Å². The van der Waals surface area contributed by atoms with Gasteiger partial charge in [-0.25, -0.2) is 9.78 Å². The Morgan fingerprint density at radius 2 is 2.33 bits per heavy atom. The predicted molar refractivity (Wildman–Crippen MR) is 57.8 cm³/mol. The lowest BCUT2D eigenvalue weighted by Crippen LogP contribution is -2.15. The van der Waals surface area contributed by atoms with Crippen molar-refractivity contribution in [1.82, 2.24) is 9.55 Å². The van der Waals surface area contributed by atoms with E-state index in [1.807, 2.05) is 11.5 Å². The quantitative estimate of drug-likeness (QED) is 0.714. The Labute approximate surface area is 90.3 Å². The van der Waals surface area contributed by atoms with E-state index in [1.165, 1.54) is 7.11 Å². The number of esters is 1. The van der Waals surface area contributed by atoms with Gasteiger partial charge in [-0.3, -0.25) is 0 Å². The van der Waals surface area contributed by atoms with Crippen LogP contribution in [0.2, 0.25) is 0 Å². The average molecular weight is 210 g/mol.